The molecule has 0 saturated carbocycles. The van der Waals surface area contributed by atoms with Crippen molar-refractivity contribution in [2.75, 3.05) is 76.1 Å². The van der Waals surface area contributed by atoms with E-state index in [1.807, 2.05) is 9.13 Å². The van der Waals surface area contributed by atoms with Crippen molar-refractivity contribution in [1.82, 2.24) is 49.0 Å². The van der Waals surface area contributed by atoms with Gasteiger partial charge in [0, 0.05) is 69.4 Å². The number of ether oxygens (including phenoxy) is 3. The Balaban J connectivity index is 0.000000175. The number of pyridine rings is 2. The van der Waals surface area contributed by atoms with Crippen LogP contribution in [0.3, 0.4) is 0 Å². The van der Waals surface area contributed by atoms with Crippen molar-refractivity contribution in [2.45, 2.75) is 20.5 Å². The first-order valence-corrected chi connectivity index (χ1v) is 16.4. The first-order chi connectivity index (χ1) is 25.0. The fourth-order valence-electron chi connectivity index (χ4n) is 5.74. The molecule has 0 aliphatic carbocycles. The molecule has 8 rings (SSSR count). The maximum Gasteiger partial charge on any atom is 0.247 e. The smallest absolute Gasteiger partial charge is 0.247 e. The summed E-state index contributed by atoms with van der Waals surface area (Å²) >= 11 is 0. The Kier molecular flexibility index (Phi) is 11.4. The molecule has 0 aromatic carbocycles. The summed E-state index contributed by atoms with van der Waals surface area (Å²) in [4.78, 5) is 49.8. The van der Waals surface area contributed by atoms with Gasteiger partial charge in [-0.2, -0.15) is 9.97 Å². The molecular weight excluding hydrogens is 671 g/mol. The van der Waals surface area contributed by atoms with Crippen molar-refractivity contribution in [2.24, 2.45) is 0 Å². The normalized spacial score (nSPS) is 14.5. The molecule has 52 heavy (non-hydrogen) atoms. The highest BCUT2D eigenvalue weighted by Crippen LogP contribution is 2.29. The quantitative estimate of drug-likeness (QED) is 0.229. The largest absolute Gasteiger partial charge is 0.383 e. The second-order valence-electron chi connectivity index (χ2n) is 11.6. The molecule has 0 spiro atoms. The molecular formula is C35H39FN12O4. The molecule has 270 valence electrons. The molecule has 2 saturated heterocycles. The Morgan fingerprint density at radius 1 is 0.865 bits per heavy atom. The number of halogens is 1. The number of aromatic nitrogens is 10. The van der Waals surface area contributed by atoms with Gasteiger partial charge in [0.25, 0.3) is 0 Å². The molecule has 17 heteroatoms. The summed E-state index contributed by atoms with van der Waals surface area (Å²) in [6, 6.07) is 4.60. The van der Waals surface area contributed by atoms with Crippen LogP contribution in [0, 0.1) is 18.2 Å². The van der Waals surface area contributed by atoms with E-state index in [1.165, 1.54) is 18.3 Å². The summed E-state index contributed by atoms with van der Waals surface area (Å²) < 4.78 is 33.4. The van der Waals surface area contributed by atoms with Gasteiger partial charge in [0.2, 0.25) is 17.5 Å². The average Bonchev–Trinajstić information content (AvgIpc) is 3.78. The van der Waals surface area contributed by atoms with Gasteiger partial charge in [0.1, 0.15) is 28.2 Å². The van der Waals surface area contributed by atoms with Crippen LogP contribution in [0.25, 0.3) is 44.8 Å². The molecule has 16 nitrogen and oxygen atoms in total. The number of rotatable bonds is 8. The Morgan fingerprint density at radius 2 is 1.46 bits per heavy atom. The van der Waals surface area contributed by atoms with Gasteiger partial charge in [-0.25, -0.2) is 24.3 Å². The van der Waals surface area contributed by atoms with Gasteiger partial charge in [-0.3, -0.25) is 9.78 Å². The van der Waals surface area contributed by atoms with Crippen LogP contribution >= 0.6 is 0 Å². The van der Waals surface area contributed by atoms with Crippen LogP contribution in [-0.4, -0.2) is 115 Å². The highest BCUT2D eigenvalue weighted by molar-refractivity contribution is 5.89. The molecule has 0 unspecified atom stereocenters. The molecule has 0 atom stereocenters. The van der Waals surface area contributed by atoms with Crippen molar-refractivity contribution in [3.8, 4) is 34.9 Å². The molecule has 2 fully saturated rings. The van der Waals surface area contributed by atoms with Gasteiger partial charge < -0.3 is 38.1 Å². The second kappa shape index (κ2) is 16.5. The lowest BCUT2D eigenvalue weighted by atomic mass is 10.2. The zero-order valence-electron chi connectivity index (χ0n) is 27.9. The number of nitrogens with one attached hydrogen (secondary N) is 1. The standard InChI is InChI=1S/C17H19FN6O2.C17H16N6O2.CH4/c1-25-5-2-24-11-20-15-14(12-8-13(18)10-19-9-12)21-17(22-16(15)24)23-3-6-26-7-4-23;1-2-5-23-11-19-15-14(12-3-4-13(24)18-10-12)20-17(21-16(15)23)22-6-8-25-9-7-22;/h8-11H,2-7H2,1H3;1,3-4,10-11H,5-9H2,(H,18,24);1H4. The minimum absolute atomic E-state index is 0. The summed E-state index contributed by atoms with van der Waals surface area (Å²) in [7, 11) is 1.65. The fraction of sp³-hybridized carbons (Fsp3) is 0.371. The molecule has 6 aromatic rings. The Bertz CT molecular complexity index is 2220. The lowest BCUT2D eigenvalue weighted by Crippen LogP contribution is -2.37. The van der Waals surface area contributed by atoms with Crippen molar-refractivity contribution in [1.29, 1.82) is 0 Å². The minimum Gasteiger partial charge on any atom is -0.383 e. The molecule has 2 aliphatic rings. The molecule has 0 amide bonds. The number of nitrogens with zero attached hydrogens (tertiary/aromatic N) is 11. The molecule has 0 bridgehead atoms. The number of H-pyrrole nitrogens is 1. The van der Waals surface area contributed by atoms with Crippen molar-refractivity contribution >= 4 is 34.2 Å². The second-order valence-corrected chi connectivity index (χ2v) is 11.6. The van der Waals surface area contributed by atoms with E-state index in [1.54, 1.807) is 38.2 Å². The van der Waals surface area contributed by atoms with E-state index in [0.29, 0.717) is 110 Å². The SMILES string of the molecule is C.C#CCn1cnc2c(-c3ccc(=O)[nH]c3)nc(N3CCOCC3)nc21.COCCn1cnc2c(-c3cncc(F)c3)nc(N3CCOCC3)nc21. The van der Waals surface area contributed by atoms with Crippen molar-refractivity contribution < 1.29 is 18.6 Å². The third-order valence-electron chi connectivity index (χ3n) is 8.33. The summed E-state index contributed by atoms with van der Waals surface area (Å²) in [6.07, 6.45) is 13.2. The van der Waals surface area contributed by atoms with Crippen LogP contribution in [0.2, 0.25) is 0 Å². The van der Waals surface area contributed by atoms with Crippen LogP contribution < -0.4 is 15.4 Å². The van der Waals surface area contributed by atoms with Gasteiger partial charge in [0.15, 0.2) is 11.3 Å². The van der Waals surface area contributed by atoms with E-state index < -0.39 is 5.82 Å². The number of imidazole rings is 2. The number of anilines is 2. The Hall–Kier alpha value is -5.83. The topological polar surface area (TPSA) is 167 Å². The van der Waals surface area contributed by atoms with E-state index in [0.717, 1.165) is 18.7 Å². The lowest BCUT2D eigenvalue weighted by Gasteiger charge is -2.27. The molecule has 6 aromatic heterocycles. The van der Waals surface area contributed by atoms with Gasteiger partial charge in [0.05, 0.1) is 58.4 Å². The summed E-state index contributed by atoms with van der Waals surface area (Å²) in [5.74, 6) is 3.38. The zero-order valence-corrected chi connectivity index (χ0v) is 27.9. The van der Waals surface area contributed by atoms with E-state index in [2.05, 4.69) is 45.6 Å². The predicted octanol–water partition coefficient (Wildman–Crippen LogP) is 2.80. The van der Waals surface area contributed by atoms with E-state index >= 15 is 0 Å². The zero-order chi connectivity index (χ0) is 35.2. The predicted molar refractivity (Wildman–Crippen MR) is 193 cm³/mol. The first kappa shape index (κ1) is 36.0. The molecule has 0 radical (unpaired) electrons. The number of methoxy groups -OCH3 is 1. The van der Waals surface area contributed by atoms with Gasteiger partial charge >= 0.3 is 0 Å². The average molecular weight is 711 g/mol. The summed E-state index contributed by atoms with van der Waals surface area (Å²) in [6.45, 7) is 6.92. The molecule has 2 aliphatic heterocycles. The third-order valence-corrected chi connectivity index (χ3v) is 8.33. The van der Waals surface area contributed by atoms with Crippen LogP contribution in [0.1, 0.15) is 7.43 Å². The first-order valence-electron chi connectivity index (χ1n) is 16.4. The summed E-state index contributed by atoms with van der Waals surface area (Å²) in [5, 5.41) is 0. The van der Waals surface area contributed by atoms with Gasteiger partial charge in [-0.15, -0.1) is 6.42 Å². The van der Waals surface area contributed by atoms with Crippen LogP contribution in [-0.2, 0) is 27.3 Å². The molecule has 1 N–H and O–H groups in total. The maximum atomic E-state index is 13.7. The monoisotopic (exact) mass is 710 g/mol. The van der Waals surface area contributed by atoms with Crippen LogP contribution in [0.15, 0.2) is 54.2 Å². The van der Waals surface area contributed by atoms with E-state index in [9.17, 15) is 9.18 Å². The third kappa shape index (κ3) is 7.73. The fourth-order valence-corrected chi connectivity index (χ4v) is 5.74. The van der Waals surface area contributed by atoms with E-state index in [-0.39, 0.29) is 13.0 Å². The number of hydrogen-bond acceptors (Lipinski definition) is 13. The maximum absolute atomic E-state index is 13.7. The Labute approximate surface area is 298 Å². The van der Waals surface area contributed by atoms with Crippen LogP contribution in [0.4, 0.5) is 16.3 Å². The van der Waals surface area contributed by atoms with Crippen molar-refractivity contribution in [3.05, 3.63) is 65.6 Å². The summed E-state index contributed by atoms with van der Waals surface area (Å²) in [5.41, 5.74) is 5.05. The van der Waals surface area contributed by atoms with Gasteiger partial charge in [-0.05, 0) is 12.1 Å². The Morgan fingerprint density at radius 3 is 2.02 bits per heavy atom. The molecule has 8 heterocycles. The number of fused-ring (bicyclic) bond motifs is 2. The lowest BCUT2D eigenvalue weighted by molar-refractivity contribution is 0.122. The highest BCUT2D eigenvalue weighted by Gasteiger charge is 2.22. The van der Waals surface area contributed by atoms with Gasteiger partial charge in [-0.1, -0.05) is 13.3 Å². The highest BCUT2D eigenvalue weighted by atomic mass is 19.1. The minimum atomic E-state index is -0.416. The number of aromatic amines is 1. The number of hydrogen-bond donors (Lipinski definition) is 1. The number of morpholine rings is 2. The van der Waals surface area contributed by atoms with Crippen LogP contribution in [0.5, 0.6) is 0 Å². The number of terminal acetylenes is 1. The van der Waals surface area contributed by atoms with E-state index in [4.69, 9.17) is 30.6 Å². The van der Waals surface area contributed by atoms with Crippen molar-refractivity contribution in [3.63, 3.8) is 0 Å².